The fourth-order valence-electron chi connectivity index (χ4n) is 2.61. The number of nitrogens with two attached hydrogens (primary N) is 1. The lowest BCUT2D eigenvalue weighted by molar-refractivity contribution is -0.134. The summed E-state index contributed by atoms with van der Waals surface area (Å²) in [4.78, 5) is 12.5. The van der Waals surface area contributed by atoms with E-state index in [4.69, 9.17) is 11.0 Å². The predicted octanol–water partition coefficient (Wildman–Crippen LogP) is 2.37. The summed E-state index contributed by atoms with van der Waals surface area (Å²) in [7, 11) is 0. The van der Waals surface area contributed by atoms with E-state index in [0.29, 0.717) is 28.5 Å². The molecule has 0 unspecified atom stereocenters. The highest BCUT2D eigenvalue weighted by atomic mass is 19.4. The van der Waals surface area contributed by atoms with Crippen LogP contribution in [-0.4, -0.2) is 30.7 Å². The highest BCUT2D eigenvalue weighted by Gasteiger charge is 2.27. The average molecular weight is 361 g/mol. The van der Waals surface area contributed by atoms with Gasteiger partial charge >= 0.3 is 6.18 Å². The predicted molar refractivity (Wildman–Crippen MR) is 86.1 cm³/mol. The van der Waals surface area contributed by atoms with Crippen LogP contribution in [0.1, 0.15) is 34.6 Å². The van der Waals surface area contributed by atoms with Gasteiger partial charge in [0.15, 0.2) is 0 Å². The molecule has 10 heteroatoms. The largest absolute Gasteiger partial charge is 0.389 e. The molecule has 0 atom stereocenters. The first kappa shape index (κ1) is 17.6. The number of nitrogen functional groups attached to an aromatic ring is 1. The van der Waals surface area contributed by atoms with E-state index in [1.54, 1.807) is 13.0 Å². The number of pyridine rings is 1. The Morgan fingerprint density at radius 3 is 2.73 bits per heavy atom. The van der Waals surface area contributed by atoms with Gasteiger partial charge in [-0.25, -0.2) is 4.98 Å². The van der Waals surface area contributed by atoms with Crippen molar-refractivity contribution in [2.75, 3.05) is 5.73 Å². The third-order valence-electron chi connectivity index (χ3n) is 3.93. The summed E-state index contributed by atoms with van der Waals surface area (Å²) in [5.41, 5.74) is 8.15. The molecule has 0 aliphatic carbocycles. The zero-order chi connectivity index (χ0) is 18.9. The van der Waals surface area contributed by atoms with Crippen molar-refractivity contribution in [2.24, 2.45) is 0 Å². The molecule has 2 N–H and O–H groups in total. The van der Waals surface area contributed by atoms with E-state index in [9.17, 15) is 13.2 Å². The monoisotopic (exact) mass is 361 g/mol. The first-order chi connectivity index (χ1) is 12.3. The Kier molecular flexibility index (Phi) is 4.46. The van der Waals surface area contributed by atoms with Gasteiger partial charge in [0, 0.05) is 29.8 Å². The molecule has 0 amide bonds. The smallest absolute Gasteiger partial charge is 0.383 e. The minimum atomic E-state index is -4.31. The summed E-state index contributed by atoms with van der Waals surface area (Å²) in [5.74, 6) is 0.704. The van der Waals surface area contributed by atoms with Crippen LogP contribution in [0.3, 0.4) is 0 Å². The maximum Gasteiger partial charge on any atom is 0.389 e. The Hall–Kier alpha value is -3.22. The van der Waals surface area contributed by atoms with Crippen molar-refractivity contribution >= 4 is 11.6 Å². The van der Waals surface area contributed by atoms with Crippen LogP contribution >= 0.6 is 0 Å². The third-order valence-corrected chi connectivity index (χ3v) is 3.93. The molecule has 0 aliphatic rings. The number of rotatable bonds is 4. The van der Waals surface area contributed by atoms with E-state index in [0.717, 1.165) is 0 Å². The number of nitrogens with zero attached hydrogens (tertiary/aromatic N) is 6. The van der Waals surface area contributed by atoms with Gasteiger partial charge in [0.05, 0.1) is 11.3 Å². The molecular formula is C16H14F3N7. The first-order valence-corrected chi connectivity index (χ1v) is 7.69. The second-order valence-electron chi connectivity index (χ2n) is 5.73. The van der Waals surface area contributed by atoms with Crippen molar-refractivity contribution < 1.29 is 13.2 Å². The van der Waals surface area contributed by atoms with Crippen LogP contribution in [0.5, 0.6) is 0 Å². The summed E-state index contributed by atoms with van der Waals surface area (Å²) >= 11 is 0. The van der Waals surface area contributed by atoms with Crippen molar-refractivity contribution in [3.8, 4) is 6.07 Å². The van der Waals surface area contributed by atoms with Gasteiger partial charge in [0.2, 0.25) is 0 Å². The first-order valence-electron chi connectivity index (χ1n) is 7.69. The minimum absolute atomic E-state index is 0.119. The second-order valence-corrected chi connectivity index (χ2v) is 5.73. The fraction of sp³-hybridized carbons (Fsp3) is 0.312. The Morgan fingerprint density at radius 1 is 1.27 bits per heavy atom. The number of alkyl halides is 3. The molecule has 3 rings (SSSR count). The molecule has 3 aromatic heterocycles. The van der Waals surface area contributed by atoms with Gasteiger partial charge in [-0.2, -0.15) is 33.0 Å². The van der Waals surface area contributed by atoms with Gasteiger partial charge in [-0.15, -0.1) is 0 Å². The quantitative estimate of drug-likeness (QED) is 0.765. The van der Waals surface area contributed by atoms with Crippen molar-refractivity contribution in [2.45, 2.75) is 32.4 Å². The summed E-state index contributed by atoms with van der Waals surface area (Å²) in [6.45, 7) is 1.76. The number of aryl methyl sites for hydroxylation is 2. The highest BCUT2D eigenvalue weighted by molar-refractivity contribution is 5.50. The third kappa shape index (κ3) is 3.56. The molecule has 0 saturated carbocycles. The van der Waals surface area contributed by atoms with Crippen molar-refractivity contribution in [1.29, 1.82) is 5.26 Å². The minimum Gasteiger partial charge on any atom is -0.383 e. The molecule has 0 saturated heterocycles. The standard InChI is InChI=1S/C16H14F3N7/c1-9-12(14(21)26-15(24-9)22-8-23-26)6-11-3-2-10(7-20)13(25-11)4-5-16(17,18)19/h2-3,8H,4-6,21H2,1H3. The van der Waals surface area contributed by atoms with Gasteiger partial charge in [-0.05, 0) is 25.5 Å². The fourth-order valence-corrected chi connectivity index (χ4v) is 2.61. The lowest BCUT2D eigenvalue weighted by Gasteiger charge is -2.12. The van der Waals surface area contributed by atoms with E-state index < -0.39 is 12.6 Å². The lowest BCUT2D eigenvalue weighted by atomic mass is 10.1. The van der Waals surface area contributed by atoms with Crippen LogP contribution in [0.15, 0.2) is 18.5 Å². The summed E-state index contributed by atoms with van der Waals surface area (Å²) < 4.78 is 38.9. The van der Waals surface area contributed by atoms with Gasteiger partial charge < -0.3 is 5.73 Å². The molecule has 0 bridgehead atoms. The average Bonchev–Trinajstić information content (AvgIpc) is 3.04. The number of aromatic nitrogens is 5. The van der Waals surface area contributed by atoms with Gasteiger partial charge in [-0.3, -0.25) is 4.98 Å². The number of hydrogen-bond donors (Lipinski definition) is 1. The Morgan fingerprint density at radius 2 is 2.04 bits per heavy atom. The summed E-state index contributed by atoms with van der Waals surface area (Å²) in [6, 6.07) is 4.95. The molecule has 7 nitrogen and oxygen atoms in total. The Balaban J connectivity index is 1.94. The molecular weight excluding hydrogens is 347 g/mol. The number of nitriles is 1. The van der Waals surface area contributed by atoms with Crippen molar-refractivity contribution in [3.63, 3.8) is 0 Å². The molecule has 0 radical (unpaired) electrons. The molecule has 26 heavy (non-hydrogen) atoms. The van der Waals surface area contributed by atoms with Crippen LogP contribution in [0.2, 0.25) is 0 Å². The lowest BCUT2D eigenvalue weighted by Crippen LogP contribution is -2.12. The SMILES string of the molecule is Cc1nc2ncnn2c(N)c1Cc1ccc(C#N)c(CCC(F)(F)F)n1. The molecule has 0 aromatic carbocycles. The number of anilines is 1. The van der Waals surface area contributed by atoms with Gasteiger partial charge in [0.25, 0.3) is 5.78 Å². The maximum absolute atomic E-state index is 12.5. The van der Waals surface area contributed by atoms with Crippen LogP contribution in [0.4, 0.5) is 19.0 Å². The van der Waals surface area contributed by atoms with E-state index in [1.165, 1.54) is 16.9 Å². The van der Waals surface area contributed by atoms with Gasteiger partial charge in [-0.1, -0.05) is 0 Å². The van der Waals surface area contributed by atoms with E-state index >= 15 is 0 Å². The van der Waals surface area contributed by atoms with Crippen molar-refractivity contribution in [3.05, 3.63) is 46.7 Å². The van der Waals surface area contributed by atoms with Crippen LogP contribution in [0, 0.1) is 18.3 Å². The molecule has 0 aliphatic heterocycles. The Labute approximate surface area is 146 Å². The van der Waals surface area contributed by atoms with Crippen LogP contribution in [-0.2, 0) is 12.8 Å². The van der Waals surface area contributed by atoms with Gasteiger partial charge in [0.1, 0.15) is 18.2 Å². The zero-order valence-corrected chi connectivity index (χ0v) is 13.7. The van der Waals surface area contributed by atoms with E-state index in [2.05, 4.69) is 20.1 Å². The summed E-state index contributed by atoms with van der Waals surface area (Å²) in [6.07, 6.45) is -4.11. The molecule has 0 fully saturated rings. The topological polar surface area (TPSA) is 106 Å². The molecule has 0 spiro atoms. The van der Waals surface area contributed by atoms with Crippen molar-refractivity contribution in [1.82, 2.24) is 24.6 Å². The number of hydrogen-bond acceptors (Lipinski definition) is 6. The normalized spacial score (nSPS) is 11.7. The zero-order valence-electron chi connectivity index (χ0n) is 13.7. The molecule has 3 heterocycles. The van der Waals surface area contributed by atoms with Crippen LogP contribution < -0.4 is 5.73 Å². The summed E-state index contributed by atoms with van der Waals surface area (Å²) in [5, 5.41) is 13.1. The molecule has 134 valence electrons. The Bertz CT molecular complexity index is 1000. The highest BCUT2D eigenvalue weighted by Crippen LogP contribution is 2.24. The number of fused-ring (bicyclic) bond motifs is 1. The number of halogens is 3. The van der Waals surface area contributed by atoms with E-state index in [1.807, 2.05) is 6.07 Å². The van der Waals surface area contributed by atoms with Crippen LogP contribution in [0.25, 0.3) is 5.78 Å². The van der Waals surface area contributed by atoms with E-state index in [-0.39, 0.29) is 24.1 Å². The second kappa shape index (κ2) is 6.59. The molecule has 3 aromatic rings. The maximum atomic E-state index is 12.5.